The van der Waals surface area contributed by atoms with Crippen molar-refractivity contribution in [3.8, 4) is 17.4 Å². The molecule has 0 saturated carbocycles. The van der Waals surface area contributed by atoms with Gasteiger partial charge in [-0.1, -0.05) is 11.6 Å². The number of aromatic nitrogens is 4. The maximum Gasteiger partial charge on any atom is 0.252 e. The van der Waals surface area contributed by atoms with Crippen molar-refractivity contribution in [2.24, 2.45) is 0 Å². The van der Waals surface area contributed by atoms with Crippen molar-refractivity contribution < 1.29 is 4.42 Å². The van der Waals surface area contributed by atoms with Gasteiger partial charge in [-0.25, -0.2) is 14.6 Å². The zero-order chi connectivity index (χ0) is 13.9. The average Bonchev–Trinajstić information content (AvgIpc) is 3.09. The zero-order valence-corrected chi connectivity index (χ0v) is 10.9. The van der Waals surface area contributed by atoms with Crippen LogP contribution in [0.15, 0.2) is 41.2 Å². The molecule has 0 unspecified atom stereocenters. The lowest BCUT2D eigenvalue weighted by atomic mass is 10.2. The lowest BCUT2D eigenvalue weighted by Crippen LogP contribution is -2.00. The predicted octanol–water partition coefficient (Wildman–Crippen LogP) is 2.51. The molecule has 0 spiro atoms. The highest BCUT2D eigenvalue weighted by molar-refractivity contribution is 6.30. The Kier molecular flexibility index (Phi) is 3.19. The standard InChI is InChI=1S/C13H8ClN5O/c14-10-3-1-9(2-4-10)11-6-16-13(20-11)7-19-8-17-12(5-15)18-19/h1-4,6,8H,7H2. The van der Waals surface area contributed by atoms with Gasteiger partial charge in [-0.2, -0.15) is 5.26 Å². The number of oxazole rings is 1. The second-order valence-electron chi connectivity index (χ2n) is 4.00. The number of halogens is 1. The lowest BCUT2D eigenvalue weighted by Gasteiger charge is -1.97. The molecule has 1 aromatic carbocycles. The van der Waals surface area contributed by atoms with E-state index < -0.39 is 0 Å². The minimum atomic E-state index is 0.120. The molecule has 0 amide bonds. The third-order valence-electron chi connectivity index (χ3n) is 2.62. The van der Waals surface area contributed by atoms with Crippen LogP contribution in [0.2, 0.25) is 5.02 Å². The molecule has 0 aliphatic rings. The van der Waals surface area contributed by atoms with E-state index in [-0.39, 0.29) is 5.82 Å². The first-order valence-corrected chi connectivity index (χ1v) is 6.12. The first-order chi connectivity index (χ1) is 9.74. The van der Waals surface area contributed by atoms with Crippen LogP contribution in [0, 0.1) is 11.3 Å². The third-order valence-corrected chi connectivity index (χ3v) is 2.87. The Morgan fingerprint density at radius 2 is 2.05 bits per heavy atom. The van der Waals surface area contributed by atoms with Gasteiger partial charge in [-0.15, -0.1) is 5.10 Å². The van der Waals surface area contributed by atoms with Gasteiger partial charge in [0, 0.05) is 10.6 Å². The SMILES string of the molecule is N#Cc1ncn(Cc2ncc(-c3ccc(Cl)cc3)o2)n1. The molecule has 0 bridgehead atoms. The summed E-state index contributed by atoms with van der Waals surface area (Å²) in [7, 11) is 0. The van der Waals surface area contributed by atoms with Crippen molar-refractivity contribution in [3.05, 3.63) is 53.5 Å². The molecule has 0 atom stereocenters. The first-order valence-electron chi connectivity index (χ1n) is 5.75. The first kappa shape index (κ1) is 12.4. The summed E-state index contributed by atoms with van der Waals surface area (Å²) in [6.07, 6.45) is 3.10. The maximum absolute atomic E-state index is 8.65. The predicted molar refractivity (Wildman–Crippen MR) is 70.8 cm³/mol. The summed E-state index contributed by atoms with van der Waals surface area (Å²) in [6.45, 7) is 0.322. The van der Waals surface area contributed by atoms with Gasteiger partial charge in [0.15, 0.2) is 5.76 Å². The maximum atomic E-state index is 8.65. The summed E-state index contributed by atoms with van der Waals surface area (Å²) < 4.78 is 7.13. The number of hydrogen-bond donors (Lipinski definition) is 0. The van der Waals surface area contributed by atoms with Crippen molar-refractivity contribution in [3.63, 3.8) is 0 Å². The molecule has 7 heteroatoms. The third kappa shape index (κ3) is 2.53. The monoisotopic (exact) mass is 285 g/mol. The van der Waals surface area contributed by atoms with Crippen LogP contribution in [-0.2, 0) is 6.54 Å². The fourth-order valence-electron chi connectivity index (χ4n) is 1.69. The van der Waals surface area contributed by atoms with Gasteiger partial charge in [0.25, 0.3) is 5.82 Å². The molecule has 0 radical (unpaired) electrons. The highest BCUT2D eigenvalue weighted by Crippen LogP contribution is 2.22. The summed E-state index contributed by atoms with van der Waals surface area (Å²) in [5.74, 6) is 1.26. The number of hydrogen-bond acceptors (Lipinski definition) is 5. The molecule has 0 aliphatic heterocycles. The summed E-state index contributed by atoms with van der Waals surface area (Å²) in [4.78, 5) is 7.99. The van der Waals surface area contributed by atoms with Gasteiger partial charge in [-0.3, -0.25) is 0 Å². The van der Waals surface area contributed by atoms with E-state index in [4.69, 9.17) is 21.3 Å². The molecule has 2 aromatic heterocycles. The summed E-state index contributed by atoms with van der Waals surface area (Å²) in [6, 6.07) is 9.15. The van der Waals surface area contributed by atoms with Gasteiger partial charge in [0.05, 0.1) is 6.20 Å². The van der Waals surface area contributed by atoms with Crippen molar-refractivity contribution in [2.75, 3.05) is 0 Å². The van der Waals surface area contributed by atoms with Gasteiger partial charge in [-0.05, 0) is 24.3 Å². The van der Waals surface area contributed by atoms with E-state index in [0.29, 0.717) is 23.2 Å². The van der Waals surface area contributed by atoms with Crippen LogP contribution in [0.5, 0.6) is 0 Å². The normalized spacial score (nSPS) is 10.4. The van der Waals surface area contributed by atoms with Crippen LogP contribution in [0.1, 0.15) is 11.7 Å². The van der Waals surface area contributed by atoms with Crippen molar-refractivity contribution in [2.45, 2.75) is 6.54 Å². The average molecular weight is 286 g/mol. The largest absolute Gasteiger partial charge is 0.439 e. The second kappa shape index (κ2) is 5.15. The molecule has 3 aromatic rings. The van der Waals surface area contributed by atoms with Crippen LogP contribution >= 0.6 is 11.6 Å². The van der Waals surface area contributed by atoms with E-state index in [0.717, 1.165) is 5.56 Å². The minimum Gasteiger partial charge on any atom is -0.439 e. The second-order valence-corrected chi connectivity index (χ2v) is 4.44. The number of benzene rings is 1. The molecule has 2 heterocycles. The lowest BCUT2D eigenvalue weighted by molar-refractivity contribution is 0.473. The summed E-state index contributed by atoms with van der Waals surface area (Å²) in [5, 5.41) is 13.3. The molecule has 0 aliphatic carbocycles. The number of nitriles is 1. The summed E-state index contributed by atoms with van der Waals surface area (Å²) in [5.41, 5.74) is 0.893. The molecule has 0 N–H and O–H groups in total. The van der Waals surface area contributed by atoms with Crippen LogP contribution in [0.25, 0.3) is 11.3 Å². The molecule has 0 fully saturated rings. The van der Waals surface area contributed by atoms with E-state index >= 15 is 0 Å². The molecular formula is C13H8ClN5O. The van der Waals surface area contributed by atoms with Crippen LogP contribution in [-0.4, -0.2) is 19.7 Å². The quantitative estimate of drug-likeness (QED) is 0.738. The van der Waals surface area contributed by atoms with E-state index in [1.165, 1.54) is 11.0 Å². The Morgan fingerprint density at radius 1 is 1.25 bits per heavy atom. The Morgan fingerprint density at radius 3 is 2.75 bits per heavy atom. The van der Waals surface area contributed by atoms with Crippen LogP contribution in [0.3, 0.4) is 0 Å². The van der Waals surface area contributed by atoms with Gasteiger partial charge < -0.3 is 4.42 Å². The van der Waals surface area contributed by atoms with Crippen molar-refractivity contribution in [1.82, 2.24) is 19.7 Å². The molecule has 0 saturated heterocycles. The van der Waals surface area contributed by atoms with E-state index in [9.17, 15) is 0 Å². The Bertz CT molecular complexity index is 769. The zero-order valence-electron chi connectivity index (χ0n) is 10.2. The molecule has 20 heavy (non-hydrogen) atoms. The molecule has 98 valence electrons. The molecule has 6 nitrogen and oxygen atoms in total. The Balaban J connectivity index is 1.80. The van der Waals surface area contributed by atoms with Gasteiger partial charge in [0.1, 0.15) is 18.9 Å². The molecule has 3 rings (SSSR count). The fourth-order valence-corrected chi connectivity index (χ4v) is 1.82. The van der Waals surface area contributed by atoms with Crippen molar-refractivity contribution in [1.29, 1.82) is 5.26 Å². The van der Waals surface area contributed by atoms with Gasteiger partial charge in [0.2, 0.25) is 5.89 Å². The smallest absolute Gasteiger partial charge is 0.252 e. The highest BCUT2D eigenvalue weighted by atomic mass is 35.5. The topological polar surface area (TPSA) is 80.5 Å². The number of nitrogens with zero attached hydrogens (tertiary/aromatic N) is 5. The minimum absolute atomic E-state index is 0.120. The number of rotatable bonds is 3. The Hall–Kier alpha value is -2.65. The van der Waals surface area contributed by atoms with Crippen molar-refractivity contribution >= 4 is 11.6 Å². The molecular weight excluding hydrogens is 278 g/mol. The van der Waals surface area contributed by atoms with Crippen LogP contribution in [0.4, 0.5) is 0 Å². The fraction of sp³-hybridized carbons (Fsp3) is 0.0769. The highest BCUT2D eigenvalue weighted by Gasteiger charge is 2.08. The van der Waals surface area contributed by atoms with E-state index in [1.54, 1.807) is 18.3 Å². The van der Waals surface area contributed by atoms with Crippen LogP contribution < -0.4 is 0 Å². The van der Waals surface area contributed by atoms with E-state index in [1.807, 2.05) is 18.2 Å². The summed E-state index contributed by atoms with van der Waals surface area (Å²) >= 11 is 5.84. The Labute approximate surface area is 119 Å². The van der Waals surface area contributed by atoms with Gasteiger partial charge >= 0.3 is 0 Å². The van der Waals surface area contributed by atoms with E-state index in [2.05, 4.69) is 15.1 Å².